The molecule has 122 valence electrons. The predicted octanol–water partition coefficient (Wildman–Crippen LogP) is 4.86. The van der Waals surface area contributed by atoms with Gasteiger partial charge in [-0.3, -0.25) is 4.79 Å². The van der Waals surface area contributed by atoms with E-state index in [9.17, 15) is 4.79 Å². The molecule has 3 rings (SSSR count). The van der Waals surface area contributed by atoms with Gasteiger partial charge in [0.2, 0.25) is 5.91 Å². The number of hydrogen-bond donors (Lipinski definition) is 1. The van der Waals surface area contributed by atoms with E-state index >= 15 is 0 Å². The molecule has 0 radical (unpaired) electrons. The van der Waals surface area contributed by atoms with Crippen molar-refractivity contribution in [3.8, 4) is 10.6 Å². The molecule has 0 saturated heterocycles. The van der Waals surface area contributed by atoms with Gasteiger partial charge < -0.3 is 5.32 Å². The van der Waals surface area contributed by atoms with Crippen LogP contribution < -0.4 is 5.32 Å². The molecule has 0 aliphatic heterocycles. The number of carbonyl (C=O) groups is 1. The van der Waals surface area contributed by atoms with E-state index in [0.717, 1.165) is 33.9 Å². The first-order chi connectivity index (χ1) is 11.7. The third-order valence-electron chi connectivity index (χ3n) is 3.86. The first kappa shape index (κ1) is 16.4. The third-order valence-corrected chi connectivity index (χ3v) is 4.80. The zero-order valence-corrected chi connectivity index (χ0v) is 14.7. The minimum Gasteiger partial charge on any atom is -0.325 e. The van der Waals surface area contributed by atoms with Crippen molar-refractivity contribution >= 4 is 22.9 Å². The maximum absolute atomic E-state index is 12.3. The second-order valence-corrected chi connectivity index (χ2v) is 6.60. The Morgan fingerprint density at radius 2 is 1.88 bits per heavy atom. The number of aromatic nitrogens is 1. The molecular formula is C20H20N2OS. The van der Waals surface area contributed by atoms with Gasteiger partial charge in [-0.05, 0) is 25.0 Å². The van der Waals surface area contributed by atoms with Crippen LogP contribution in [0.25, 0.3) is 10.6 Å². The molecule has 2 aromatic carbocycles. The van der Waals surface area contributed by atoms with Crippen molar-refractivity contribution in [2.45, 2.75) is 26.7 Å². The van der Waals surface area contributed by atoms with Crippen LogP contribution in [0.1, 0.15) is 23.7 Å². The van der Waals surface area contributed by atoms with Crippen molar-refractivity contribution in [3.63, 3.8) is 0 Å². The lowest BCUT2D eigenvalue weighted by Crippen LogP contribution is -2.15. The van der Waals surface area contributed by atoms with Crippen LogP contribution in [0.5, 0.6) is 0 Å². The second kappa shape index (κ2) is 7.41. The fourth-order valence-corrected chi connectivity index (χ4v) is 3.35. The van der Waals surface area contributed by atoms with E-state index in [1.807, 2.05) is 29.6 Å². The molecule has 3 aromatic rings. The molecule has 1 heterocycles. The Balaban J connectivity index is 1.68. The maximum Gasteiger partial charge on any atom is 0.230 e. The molecule has 0 fully saturated rings. The lowest BCUT2D eigenvalue weighted by Gasteiger charge is -2.08. The highest BCUT2D eigenvalue weighted by molar-refractivity contribution is 7.13. The number of benzene rings is 2. The van der Waals surface area contributed by atoms with Gasteiger partial charge in [0, 0.05) is 16.6 Å². The normalized spacial score (nSPS) is 10.6. The Labute approximate surface area is 146 Å². The Morgan fingerprint density at radius 3 is 2.62 bits per heavy atom. The zero-order chi connectivity index (χ0) is 16.9. The van der Waals surface area contributed by atoms with E-state index in [4.69, 9.17) is 0 Å². The minimum absolute atomic E-state index is 0.0309. The molecule has 24 heavy (non-hydrogen) atoms. The van der Waals surface area contributed by atoms with Crippen LogP contribution in [0.3, 0.4) is 0 Å². The van der Waals surface area contributed by atoms with Gasteiger partial charge in [-0.25, -0.2) is 4.98 Å². The van der Waals surface area contributed by atoms with E-state index in [-0.39, 0.29) is 5.91 Å². The number of thiazole rings is 1. The summed E-state index contributed by atoms with van der Waals surface area (Å²) < 4.78 is 0. The summed E-state index contributed by atoms with van der Waals surface area (Å²) in [7, 11) is 0. The Morgan fingerprint density at radius 1 is 1.12 bits per heavy atom. The zero-order valence-electron chi connectivity index (χ0n) is 13.9. The van der Waals surface area contributed by atoms with Crippen LogP contribution in [0.2, 0.25) is 0 Å². The summed E-state index contributed by atoms with van der Waals surface area (Å²) in [5.74, 6) is -0.0309. The average Bonchev–Trinajstić information content (AvgIpc) is 3.04. The minimum atomic E-state index is -0.0309. The number of para-hydroxylation sites is 1. The summed E-state index contributed by atoms with van der Waals surface area (Å²) in [4.78, 5) is 16.9. The summed E-state index contributed by atoms with van der Waals surface area (Å²) in [6, 6.07) is 16.2. The van der Waals surface area contributed by atoms with E-state index in [2.05, 4.69) is 48.4 Å². The van der Waals surface area contributed by atoms with Crippen LogP contribution >= 0.6 is 11.3 Å². The fourth-order valence-electron chi connectivity index (χ4n) is 2.53. The first-order valence-corrected chi connectivity index (χ1v) is 8.93. The van der Waals surface area contributed by atoms with E-state index in [0.29, 0.717) is 6.42 Å². The summed E-state index contributed by atoms with van der Waals surface area (Å²) in [6.45, 7) is 4.15. The quantitative estimate of drug-likeness (QED) is 0.723. The number of hydrogen-bond acceptors (Lipinski definition) is 3. The number of anilines is 1. The summed E-state index contributed by atoms with van der Waals surface area (Å²) in [6.07, 6.45) is 1.19. The van der Waals surface area contributed by atoms with E-state index in [1.165, 1.54) is 5.56 Å². The van der Waals surface area contributed by atoms with Crippen LogP contribution in [-0.2, 0) is 17.6 Å². The molecule has 0 aliphatic carbocycles. The fraction of sp³-hybridized carbons (Fsp3) is 0.200. The molecule has 0 atom stereocenters. The standard InChI is InChI=1S/C20H20N2OS/c1-3-15-6-4-5-7-18(15)22-19(23)12-17-13-24-20(21-17)16-10-8-14(2)9-11-16/h4-11,13H,3,12H2,1-2H3,(H,22,23). The number of rotatable bonds is 5. The summed E-state index contributed by atoms with van der Waals surface area (Å²) >= 11 is 1.57. The van der Waals surface area contributed by atoms with Gasteiger partial charge in [0.25, 0.3) is 0 Å². The monoisotopic (exact) mass is 336 g/mol. The first-order valence-electron chi connectivity index (χ1n) is 8.05. The predicted molar refractivity (Wildman–Crippen MR) is 100 cm³/mol. The molecule has 0 spiro atoms. The van der Waals surface area contributed by atoms with Crippen LogP contribution in [0.4, 0.5) is 5.69 Å². The van der Waals surface area contributed by atoms with Crippen molar-refractivity contribution < 1.29 is 4.79 Å². The lowest BCUT2D eigenvalue weighted by molar-refractivity contribution is -0.115. The van der Waals surface area contributed by atoms with Gasteiger partial charge in [0.1, 0.15) is 5.01 Å². The average molecular weight is 336 g/mol. The van der Waals surface area contributed by atoms with Crippen molar-refractivity contribution in [1.29, 1.82) is 0 Å². The van der Waals surface area contributed by atoms with E-state index < -0.39 is 0 Å². The molecule has 1 amide bonds. The molecule has 0 saturated carbocycles. The lowest BCUT2D eigenvalue weighted by atomic mass is 10.1. The largest absolute Gasteiger partial charge is 0.325 e. The topological polar surface area (TPSA) is 42.0 Å². The van der Waals surface area contributed by atoms with Gasteiger partial charge in [0.15, 0.2) is 0 Å². The maximum atomic E-state index is 12.3. The molecule has 0 unspecified atom stereocenters. The number of carbonyl (C=O) groups excluding carboxylic acids is 1. The van der Waals surface area contributed by atoms with Crippen LogP contribution in [0, 0.1) is 6.92 Å². The van der Waals surface area contributed by atoms with E-state index in [1.54, 1.807) is 11.3 Å². The van der Waals surface area contributed by atoms with Crippen molar-refractivity contribution in [2.24, 2.45) is 0 Å². The Bertz CT molecular complexity index is 837. The van der Waals surface area contributed by atoms with Gasteiger partial charge in [-0.2, -0.15) is 0 Å². The molecular weight excluding hydrogens is 316 g/mol. The van der Waals surface area contributed by atoms with Gasteiger partial charge in [0.05, 0.1) is 12.1 Å². The highest BCUT2D eigenvalue weighted by Gasteiger charge is 2.10. The van der Waals surface area contributed by atoms with Crippen molar-refractivity contribution in [2.75, 3.05) is 5.32 Å². The van der Waals surface area contributed by atoms with Gasteiger partial charge >= 0.3 is 0 Å². The van der Waals surface area contributed by atoms with Gasteiger partial charge in [-0.15, -0.1) is 11.3 Å². The molecule has 0 aliphatic rings. The molecule has 1 N–H and O–H groups in total. The van der Waals surface area contributed by atoms with Crippen molar-refractivity contribution in [3.05, 3.63) is 70.7 Å². The highest BCUT2D eigenvalue weighted by Crippen LogP contribution is 2.24. The second-order valence-electron chi connectivity index (χ2n) is 5.75. The smallest absolute Gasteiger partial charge is 0.230 e. The Kier molecular flexibility index (Phi) is 5.06. The van der Waals surface area contributed by atoms with Gasteiger partial charge in [-0.1, -0.05) is 55.0 Å². The van der Waals surface area contributed by atoms with Crippen LogP contribution in [-0.4, -0.2) is 10.9 Å². The Hall–Kier alpha value is -2.46. The number of nitrogens with zero attached hydrogens (tertiary/aromatic N) is 1. The highest BCUT2D eigenvalue weighted by atomic mass is 32.1. The summed E-state index contributed by atoms with van der Waals surface area (Å²) in [5, 5.41) is 5.90. The molecule has 0 bridgehead atoms. The number of amides is 1. The number of aryl methyl sites for hydroxylation is 2. The van der Waals surface area contributed by atoms with Crippen LogP contribution in [0.15, 0.2) is 53.9 Å². The molecule has 4 heteroatoms. The third kappa shape index (κ3) is 3.89. The summed E-state index contributed by atoms with van der Waals surface area (Å²) in [5.41, 5.74) is 5.16. The SMILES string of the molecule is CCc1ccccc1NC(=O)Cc1csc(-c2ccc(C)cc2)n1. The number of nitrogens with one attached hydrogen (secondary N) is 1. The van der Waals surface area contributed by atoms with Crippen molar-refractivity contribution in [1.82, 2.24) is 4.98 Å². The molecule has 1 aromatic heterocycles. The molecule has 3 nitrogen and oxygen atoms in total.